The molecular formula is C20H20N2O2. The zero-order valence-corrected chi connectivity index (χ0v) is 14.0. The molecule has 4 heteroatoms. The monoisotopic (exact) mass is 320 g/mol. The van der Waals surface area contributed by atoms with E-state index >= 15 is 0 Å². The number of carbonyl (C=O) groups is 1. The summed E-state index contributed by atoms with van der Waals surface area (Å²) in [7, 11) is 1.62. The van der Waals surface area contributed by atoms with Crippen molar-refractivity contribution in [1.82, 2.24) is 4.57 Å². The van der Waals surface area contributed by atoms with Gasteiger partial charge in [0.2, 0.25) is 0 Å². The lowest BCUT2D eigenvalue weighted by Crippen LogP contribution is -2.12. The summed E-state index contributed by atoms with van der Waals surface area (Å²) >= 11 is 0. The molecule has 1 aromatic heterocycles. The minimum atomic E-state index is -0.135. The summed E-state index contributed by atoms with van der Waals surface area (Å²) in [6.45, 7) is 4.11. The summed E-state index contributed by atoms with van der Waals surface area (Å²) in [5, 5.41) is 2.91. The molecule has 0 atom stereocenters. The molecule has 3 aromatic rings. The Balaban J connectivity index is 1.84. The van der Waals surface area contributed by atoms with Crippen LogP contribution in [-0.2, 0) is 0 Å². The Morgan fingerprint density at radius 1 is 0.958 bits per heavy atom. The average Bonchev–Trinajstić information content (AvgIpc) is 2.94. The van der Waals surface area contributed by atoms with Crippen molar-refractivity contribution in [3.8, 4) is 11.4 Å². The maximum atomic E-state index is 12.5. The summed E-state index contributed by atoms with van der Waals surface area (Å²) < 4.78 is 7.25. The first-order valence-corrected chi connectivity index (χ1v) is 7.79. The van der Waals surface area contributed by atoms with Gasteiger partial charge in [0, 0.05) is 28.3 Å². The van der Waals surface area contributed by atoms with Gasteiger partial charge in [0.1, 0.15) is 5.75 Å². The maximum absolute atomic E-state index is 12.5. The normalized spacial score (nSPS) is 10.5. The maximum Gasteiger partial charge on any atom is 0.255 e. The SMILES string of the molecule is COc1ccc(NC(=O)c2cccc(-n3c(C)ccc3C)c2)cc1. The Kier molecular flexibility index (Phi) is 4.38. The number of amides is 1. The smallest absolute Gasteiger partial charge is 0.255 e. The van der Waals surface area contributed by atoms with E-state index in [-0.39, 0.29) is 5.91 Å². The van der Waals surface area contributed by atoms with Gasteiger partial charge in [-0.15, -0.1) is 0 Å². The molecule has 0 fully saturated rings. The Morgan fingerprint density at radius 2 is 1.62 bits per heavy atom. The fourth-order valence-electron chi connectivity index (χ4n) is 2.74. The number of nitrogens with one attached hydrogen (secondary N) is 1. The highest BCUT2D eigenvalue weighted by Gasteiger charge is 2.09. The topological polar surface area (TPSA) is 43.3 Å². The number of hydrogen-bond acceptors (Lipinski definition) is 2. The molecule has 0 unspecified atom stereocenters. The van der Waals surface area contributed by atoms with Gasteiger partial charge in [-0.25, -0.2) is 0 Å². The number of aryl methyl sites for hydroxylation is 2. The molecule has 0 saturated heterocycles. The van der Waals surface area contributed by atoms with E-state index in [1.54, 1.807) is 7.11 Å². The molecule has 3 rings (SSSR count). The molecular weight excluding hydrogens is 300 g/mol. The first-order valence-electron chi connectivity index (χ1n) is 7.79. The first kappa shape index (κ1) is 15.9. The van der Waals surface area contributed by atoms with Gasteiger partial charge in [-0.2, -0.15) is 0 Å². The third-order valence-electron chi connectivity index (χ3n) is 3.99. The van der Waals surface area contributed by atoms with Crippen LogP contribution in [0, 0.1) is 13.8 Å². The highest BCUT2D eigenvalue weighted by atomic mass is 16.5. The van der Waals surface area contributed by atoms with E-state index in [0.717, 1.165) is 28.5 Å². The van der Waals surface area contributed by atoms with Crippen molar-refractivity contribution in [3.05, 3.63) is 77.6 Å². The second-order valence-electron chi connectivity index (χ2n) is 5.68. The minimum Gasteiger partial charge on any atom is -0.497 e. The fourth-order valence-corrected chi connectivity index (χ4v) is 2.74. The number of benzene rings is 2. The van der Waals surface area contributed by atoms with E-state index in [9.17, 15) is 4.79 Å². The average molecular weight is 320 g/mol. The van der Waals surface area contributed by atoms with Gasteiger partial charge in [0.05, 0.1) is 7.11 Å². The van der Waals surface area contributed by atoms with Crippen molar-refractivity contribution < 1.29 is 9.53 Å². The van der Waals surface area contributed by atoms with Crippen LogP contribution in [0.4, 0.5) is 5.69 Å². The van der Waals surface area contributed by atoms with Gasteiger partial charge in [-0.3, -0.25) is 4.79 Å². The van der Waals surface area contributed by atoms with Crippen molar-refractivity contribution in [1.29, 1.82) is 0 Å². The Morgan fingerprint density at radius 3 is 2.25 bits per heavy atom. The lowest BCUT2D eigenvalue weighted by molar-refractivity contribution is 0.102. The summed E-state index contributed by atoms with van der Waals surface area (Å²) in [5.41, 5.74) is 4.62. The number of anilines is 1. The standard InChI is InChI=1S/C20H20N2O2/c1-14-7-8-15(2)22(14)18-6-4-5-16(13-18)20(23)21-17-9-11-19(24-3)12-10-17/h4-13H,1-3H3,(H,21,23). The van der Waals surface area contributed by atoms with Crippen LogP contribution in [-0.4, -0.2) is 17.6 Å². The Labute approximate surface area is 141 Å². The second kappa shape index (κ2) is 6.62. The number of ether oxygens (including phenoxy) is 1. The predicted octanol–water partition coefficient (Wildman–Crippen LogP) is 4.36. The molecule has 0 spiro atoms. The van der Waals surface area contributed by atoms with Gasteiger partial charge in [-0.05, 0) is 68.4 Å². The van der Waals surface area contributed by atoms with Crippen LogP contribution in [0.5, 0.6) is 5.75 Å². The third kappa shape index (κ3) is 3.18. The molecule has 0 aliphatic rings. The molecule has 0 bridgehead atoms. The van der Waals surface area contributed by atoms with Crippen LogP contribution in [0.3, 0.4) is 0 Å². The van der Waals surface area contributed by atoms with Crippen LogP contribution in [0.25, 0.3) is 5.69 Å². The molecule has 0 aliphatic heterocycles. The quantitative estimate of drug-likeness (QED) is 0.776. The van der Waals surface area contributed by atoms with E-state index in [1.807, 2.05) is 48.5 Å². The zero-order chi connectivity index (χ0) is 17.1. The molecule has 0 radical (unpaired) electrons. The van der Waals surface area contributed by atoms with Gasteiger partial charge in [0.15, 0.2) is 0 Å². The van der Waals surface area contributed by atoms with Crippen LogP contribution >= 0.6 is 0 Å². The minimum absolute atomic E-state index is 0.135. The summed E-state index contributed by atoms with van der Waals surface area (Å²) in [5.74, 6) is 0.623. The summed E-state index contributed by atoms with van der Waals surface area (Å²) in [6.07, 6.45) is 0. The summed E-state index contributed by atoms with van der Waals surface area (Å²) in [4.78, 5) is 12.5. The lowest BCUT2D eigenvalue weighted by atomic mass is 10.1. The van der Waals surface area contributed by atoms with E-state index in [1.165, 1.54) is 0 Å². The van der Waals surface area contributed by atoms with Crippen molar-refractivity contribution in [3.63, 3.8) is 0 Å². The second-order valence-corrected chi connectivity index (χ2v) is 5.68. The lowest BCUT2D eigenvalue weighted by Gasteiger charge is -2.11. The highest BCUT2D eigenvalue weighted by molar-refractivity contribution is 6.04. The number of nitrogens with zero attached hydrogens (tertiary/aromatic N) is 1. The highest BCUT2D eigenvalue weighted by Crippen LogP contribution is 2.19. The number of aromatic nitrogens is 1. The number of hydrogen-bond donors (Lipinski definition) is 1. The predicted molar refractivity (Wildman–Crippen MR) is 96.2 cm³/mol. The molecule has 122 valence electrons. The van der Waals surface area contributed by atoms with Gasteiger partial charge >= 0.3 is 0 Å². The van der Waals surface area contributed by atoms with Crippen molar-refractivity contribution in [2.75, 3.05) is 12.4 Å². The number of methoxy groups -OCH3 is 1. The van der Waals surface area contributed by atoms with E-state index in [0.29, 0.717) is 5.56 Å². The number of rotatable bonds is 4. The fraction of sp³-hybridized carbons (Fsp3) is 0.150. The van der Waals surface area contributed by atoms with Crippen molar-refractivity contribution in [2.45, 2.75) is 13.8 Å². The van der Waals surface area contributed by atoms with Crippen molar-refractivity contribution >= 4 is 11.6 Å². The Hall–Kier alpha value is -3.01. The van der Waals surface area contributed by atoms with Crippen LogP contribution in [0.2, 0.25) is 0 Å². The van der Waals surface area contributed by atoms with E-state index < -0.39 is 0 Å². The van der Waals surface area contributed by atoms with E-state index in [2.05, 4.69) is 35.9 Å². The van der Waals surface area contributed by atoms with Crippen molar-refractivity contribution in [2.24, 2.45) is 0 Å². The van der Waals surface area contributed by atoms with Crippen LogP contribution in [0.1, 0.15) is 21.7 Å². The molecule has 1 N–H and O–H groups in total. The molecule has 0 saturated carbocycles. The molecule has 4 nitrogen and oxygen atoms in total. The number of carbonyl (C=O) groups excluding carboxylic acids is 1. The first-order chi connectivity index (χ1) is 11.6. The van der Waals surface area contributed by atoms with Crippen LogP contribution < -0.4 is 10.1 Å². The Bertz CT molecular complexity index is 844. The molecule has 24 heavy (non-hydrogen) atoms. The molecule has 1 amide bonds. The largest absolute Gasteiger partial charge is 0.497 e. The summed E-state index contributed by atoms with van der Waals surface area (Å²) in [6, 6.07) is 19.0. The third-order valence-corrected chi connectivity index (χ3v) is 3.99. The zero-order valence-electron chi connectivity index (χ0n) is 14.0. The van der Waals surface area contributed by atoms with Gasteiger partial charge in [0.25, 0.3) is 5.91 Å². The van der Waals surface area contributed by atoms with Crippen LogP contribution in [0.15, 0.2) is 60.7 Å². The van der Waals surface area contributed by atoms with Gasteiger partial charge < -0.3 is 14.6 Å². The molecule has 2 aromatic carbocycles. The van der Waals surface area contributed by atoms with E-state index in [4.69, 9.17) is 4.74 Å². The van der Waals surface area contributed by atoms with Gasteiger partial charge in [-0.1, -0.05) is 6.07 Å². The molecule has 1 heterocycles. The molecule has 0 aliphatic carbocycles.